The average molecular weight is 472 g/mol. The summed E-state index contributed by atoms with van der Waals surface area (Å²) in [6, 6.07) is 19.9. The molecule has 0 aliphatic carbocycles. The van der Waals surface area contributed by atoms with E-state index in [1.807, 2.05) is 35.2 Å². The van der Waals surface area contributed by atoms with Crippen LogP contribution < -0.4 is 10.6 Å². The highest BCUT2D eigenvalue weighted by Gasteiger charge is 2.45. The Morgan fingerprint density at radius 2 is 1.86 bits per heavy atom. The zero-order valence-corrected chi connectivity index (χ0v) is 20.2. The molecule has 2 fully saturated rings. The number of hydrogen-bond donors (Lipinski definition) is 2. The maximum Gasteiger partial charge on any atom is 0.254 e. The van der Waals surface area contributed by atoms with Crippen molar-refractivity contribution in [3.63, 3.8) is 0 Å². The van der Waals surface area contributed by atoms with E-state index in [1.54, 1.807) is 18.5 Å². The van der Waals surface area contributed by atoms with Crippen LogP contribution >= 0.6 is 0 Å². The molecule has 182 valence electrons. The van der Waals surface area contributed by atoms with Crippen LogP contribution in [-0.2, 0) is 4.74 Å². The quantitative estimate of drug-likeness (QED) is 0.541. The fraction of sp³-hybridized carbons (Fsp3) is 0.393. The summed E-state index contributed by atoms with van der Waals surface area (Å²) in [6.45, 7) is 4.62. The zero-order valence-electron chi connectivity index (χ0n) is 20.2. The third-order valence-electron chi connectivity index (χ3n) is 7.15. The van der Waals surface area contributed by atoms with Crippen LogP contribution in [0, 0.1) is 0 Å². The maximum atomic E-state index is 13.8. The Bertz CT molecular complexity index is 1120. The van der Waals surface area contributed by atoms with Gasteiger partial charge in [-0.3, -0.25) is 4.79 Å². The number of benzene rings is 2. The molecule has 0 saturated carbocycles. The van der Waals surface area contributed by atoms with E-state index in [9.17, 15) is 4.79 Å². The van der Waals surface area contributed by atoms with Crippen LogP contribution in [0.5, 0.6) is 0 Å². The first-order chi connectivity index (χ1) is 17.2. The molecule has 1 amide bonds. The molecule has 7 nitrogen and oxygen atoms in total. The fourth-order valence-corrected chi connectivity index (χ4v) is 5.43. The number of amides is 1. The van der Waals surface area contributed by atoms with E-state index in [0.29, 0.717) is 18.1 Å². The molecular formula is C28H33N5O2. The van der Waals surface area contributed by atoms with Gasteiger partial charge in [-0.2, -0.15) is 0 Å². The van der Waals surface area contributed by atoms with Gasteiger partial charge in [0.25, 0.3) is 5.91 Å². The maximum absolute atomic E-state index is 13.8. The third-order valence-corrected chi connectivity index (χ3v) is 7.15. The predicted molar refractivity (Wildman–Crippen MR) is 137 cm³/mol. The Kier molecular flexibility index (Phi) is 7.06. The fourth-order valence-electron chi connectivity index (χ4n) is 5.43. The molecule has 2 aliphatic heterocycles. The van der Waals surface area contributed by atoms with Crippen molar-refractivity contribution in [2.75, 3.05) is 25.0 Å². The Labute approximate surface area is 206 Å². The molecule has 3 heterocycles. The van der Waals surface area contributed by atoms with Gasteiger partial charge in [-0.15, -0.1) is 0 Å². The number of carbonyl (C=O) groups is 1. The monoisotopic (exact) mass is 471 g/mol. The Morgan fingerprint density at radius 3 is 2.60 bits per heavy atom. The van der Waals surface area contributed by atoms with Crippen LogP contribution in [0.25, 0.3) is 0 Å². The van der Waals surface area contributed by atoms with Gasteiger partial charge in [-0.25, -0.2) is 9.97 Å². The van der Waals surface area contributed by atoms with Crippen molar-refractivity contribution in [1.29, 1.82) is 0 Å². The molecule has 2 N–H and O–H groups in total. The minimum absolute atomic E-state index is 0.0156. The van der Waals surface area contributed by atoms with E-state index in [4.69, 9.17) is 4.74 Å². The first kappa shape index (κ1) is 23.5. The summed E-state index contributed by atoms with van der Waals surface area (Å²) in [6.07, 6.45) is 6.96. The lowest BCUT2D eigenvalue weighted by atomic mass is 9.79. The summed E-state index contributed by atoms with van der Waals surface area (Å²) in [4.78, 5) is 24.3. The molecule has 1 spiro atoms. The minimum Gasteiger partial charge on any atom is -0.367 e. The summed E-state index contributed by atoms with van der Waals surface area (Å²) in [7, 11) is 0. The van der Waals surface area contributed by atoms with E-state index in [1.165, 1.54) is 5.56 Å². The van der Waals surface area contributed by atoms with Crippen molar-refractivity contribution < 1.29 is 9.53 Å². The second-order valence-electron chi connectivity index (χ2n) is 9.41. The lowest BCUT2D eigenvalue weighted by Crippen LogP contribution is -2.54. The van der Waals surface area contributed by atoms with Crippen molar-refractivity contribution in [3.8, 4) is 0 Å². The summed E-state index contributed by atoms with van der Waals surface area (Å²) in [5.74, 6) is 0.556. The van der Waals surface area contributed by atoms with Gasteiger partial charge in [-0.05, 0) is 75.5 Å². The molecule has 7 heteroatoms. The predicted octanol–water partition coefficient (Wildman–Crippen LogP) is 4.72. The molecule has 35 heavy (non-hydrogen) atoms. The highest BCUT2D eigenvalue weighted by molar-refractivity contribution is 5.95. The van der Waals surface area contributed by atoms with Gasteiger partial charge in [-0.1, -0.05) is 36.4 Å². The number of piperidine rings is 1. The lowest BCUT2D eigenvalue weighted by Gasteiger charge is -2.49. The third kappa shape index (κ3) is 5.36. The van der Waals surface area contributed by atoms with Gasteiger partial charge in [0.15, 0.2) is 0 Å². The number of aromatic nitrogens is 2. The molecule has 0 radical (unpaired) electrons. The standard InChI is InChI=1S/C28H33N5O2/c1-2-33(26(34)22-10-6-11-23(18-22)32-27-30-14-7-15-31-27)24-19-25(21-8-4-3-5-9-21)35-28(20-24)12-16-29-17-13-28/h3-11,14-15,18,24-25,29H,2,12-13,16-17,19-20H2,1H3,(H,30,31,32)/t24-,25+/m1/s1. The largest absolute Gasteiger partial charge is 0.367 e. The lowest BCUT2D eigenvalue weighted by molar-refractivity contribution is -0.162. The molecule has 0 bridgehead atoms. The second-order valence-corrected chi connectivity index (χ2v) is 9.41. The second kappa shape index (κ2) is 10.5. The molecule has 1 aromatic heterocycles. The number of rotatable bonds is 6. The van der Waals surface area contributed by atoms with Gasteiger partial charge in [0.1, 0.15) is 0 Å². The van der Waals surface area contributed by atoms with Crippen molar-refractivity contribution in [2.24, 2.45) is 0 Å². The average Bonchev–Trinajstić information content (AvgIpc) is 2.90. The summed E-state index contributed by atoms with van der Waals surface area (Å²) in [5, 5.41) is 6.66. The van der Waals surface area contributed by atoms with E-state index < -0.39 is 0 Å². The molecule has 2 saturated heterocycles. The number of nitrogens with one attached hydrogen (secondary N) is 2. The van der Waals surface area contributed by atoms with Crippen molar-refractivity contribution in [3.05, 3.63) is 84.2 Å². The summed E-state index contributed by atoms with van der Waals surface area (Å²) in [5.41, 5.74) is 2.45. The number of nitrogens with zero attached hydrogens (tertiary/aromatic N) is 3. The smallest absolute Gasteiger partial charge is 0.254 e. The van der Waals surface area contributed by atoms with Crippen molar-refractivity contribution in [1.82, 2.24) is 20.2 Å². The Balaban J connectivity index is 1.39. The first-order valence-corrected chi connectivity index (χ1v) is 12.5. The molecule has 2 aliphatic rings. The number of hydrogen-bond acceptors (Lipinski definition) is 6. The number of ether oxygens (including phenoxy) is 1. The van der Waals surface area contributed by atoms with Gasteiger partial charge in [0, 0.05) is 36.2 Å². The van der Waals surface area contributed by atoms with Crippen molar-refractivity contribution in [2.45, 2.75) is 50.4 Å². The summed E-state index contributed by atoms with van der Waals surface area (Å²) < 4.78 is 6.79. The van der Waals surface area contributed by atoms with Gasteiger partial charge in [0.05, 0.1) is 11.7 Å². The van der Waals surface area contributed by atoms with Crippen LogP contribution in [0.1, 0.15) is 54.6 Å². The van der Waals surface area contributed by atoms with Gasteiger partial charge in [0.2, 0.25) is 5.95 Å². The topological polar surface area (TPSA) is 79.4 Å². The van der Waals surface area contributed by atoms with Crippen LogP contribution in [0.3, 0.4) is 0 Å². The SMILES string of the molecule is CCN(C(=O)c1cccc(Nc2ncccn2)c1)[C@@H]1C[C@@H](c2ccccc2)OC2(CCNCC2)C1. The summed E-state index contributed by atoms with van der Waals surface area (Å²) >= 11 is 0. The van der Waals surface area contributed by atoms with Gasteiger partial charge < -0.3 is 20.3 Å². The minimum atomic E-state index is -0.198. The van der Waals surface area contributed by atoms with Crippen LogP contribution in [-0.4, -0.2) is 52.1 Å². The molecule has 2 aromatic carbocycles. The van der Waals surface area contributed by atoms with E-state index >= 15 is 0 Å². The van der Waals surface area contributed by atoms with E-state index in [2.05, 4.69) is 51.8 Å². The first-order valence-electron chi connectivity index (χ1n) is 12.5. The molecule has 5 rings (SSSR count). The molecule has 2 atom stereocenters. The Hall–Kier alpha value is -3.29. The molecule has 3 aromatic rings. The molecule has 0 unspecified atom stereocenters. The van der Waals surface area contributed by atoms with E-state index in [-0.39, 0.29) is 23.7 Å². The Morgan fingerprint density at radius 1 is 1.09 bits per heavy atom. The zero-order chi connectivity index (χ0) is 24.1. The van der Waals surface area contributed by atoms with E-state index in [0.717, 1.165) is 44.5 Å². The van der Waals surface area contributed by atoms with Crippen LogP contribution in [0.2, 0.25) is 0 Å². The van der Waals surface area contributed by atoms with Crippen LogP contribution in [0.4, 0.5) is 11.6 Å². The van der Waals surface area contributed by atoms with Crippen molar-refractivity contribution >= 4 is 17.5 Å². The highest BCUT2D eigenvalue weighted by Crippen LogP contribution is 2.43. The molecular weight excluding hydrogens is 438 g/mol. The number of anilines is 2. The normalized spacial score (nSPS) is 21.4. The highest BCUT2D eigenvalue weighted by atomic mass is 16.5. The van der Waals surface area contributed by atoms with Gasteiger partial charge >= 0.3 is 0 Å². The number of carbonyl (C=O) groups excluding carboxylic acids is 1. The van der Waals surface area contributed by atoms with Crippen LogP contribution in [0.15, 0.2) is 73.1 Å².